The molecule has 0 spiro atoms. The summed E-state index contributed by atoms with van der Waals surface area (Å²) in [5.74, 6) is -0.376. The topological polar surface area (TPSA) is 59.1 Å². The number of carbonyl (C=O) groups excluding carboxylic acids is 2. The van der Waals surface area contributed by atoms with Crippen molar-refractivity contribution in [2.45, 2.75) is 52.3 Å². The Bertz CT molecular complexity index is 675. The van der Waals surface area contributed by atoms with Gasteiger partial charge in [-0.2, -0.15) is 0 Å². The lowest BCUT2D eigenvalue weighted by Crippen LogP contribution is -2.58. The third kappa shape index (κ3) is 4.69. The molecule has 1 aromatic carbocycles. The summed E-state index contributed by atoms with van der Waals surface area (Å²) in [6, 6.07) is 5.81. The van der Waals surface area contributed by atoms with Gasteiger partial charge in [0.15, 0.2) is 0 Å². The number of hydrogen-bond donors (Lipinski definition) is 0. The number of piperazine rings is 1. The molecule has 0 aliphatic carbocycles. The predicted molar refractivity (Wildman–Crippen MR) is 105 cm³/mol. The number of methoxy groups -OCH3 is 1. The summed E-state index contributed by atoms with van der Waals surface area (Å²) in [5.41, 5.74) is 0.979. The normalized spacial score (nSPS) is 20.7. The highest BCUT2D eigenvalue weighted by Crippen LogP contribution is 2.30. The summed E-state index contributed by atoms with van der Waals surface area (Å²) < 4.78 is 11.0. The van der Waals surface area contributed by atoms with Crippen LogP contribution in [0.15, 0.2) is 22.7 Å². The lowest BCUT2D eigenvalue weighted by molar-refractivity contribution is 0.0192. The molecular formula is C19H27BrN2O4. The first-order valence-electron chi connectivity index (χ1n) is 8.67. The van der Waals surface area contributed by atoms with Gasteiger partial charge >= 0.3 is 12.1 Å². The zero-order valence-electron chi connectivity index (χ0n) is 16.2. The van der Waals surface area contributed by atoms with Crippen molar-refractivity contribution >= 4 is 33.7 Å². The van der Waals surface area contributed by atoms with E-state index in [1.807, 2.05) is 32.9 Å². The predicted octanol–water partition coefficient (Wildman–Crippen LogP) is 4.07. The highest BCUT2D eigenvalue weighted by Gasteiger charge is 2.34. The molecule has 7 heteroatoms. The third-order valence-electron chi connectivity index (χ3n) is 4.23. The Balaban J connectivity index is 2.17. The van der Waals surface area contributed by atoms with Gasteiger partial charge in [-0.25, -0.2) is 9.59 Å². The molecule has 0 bridgehead atoms. The van der Waals surface area contributed by atoms with Crippen LogP contribution in [0.5, 0.6) is 0 Å². The summed E-state index contributed by atoms with van der Waals surface area (Å²) in [5, 5.41) is 0. The summed E-state index contributed by atoms with van der Waals surface area (Å²) in [6.07, 6.45) is -0.280. The third-order valence-corrected chi connectivity index (χ3v) is 4.88. The number of benzene rings is 1. The van der Waals surface area contributed by atoms with E-state index in [1.165, 1.54) is 7.11 Å². The minimum atomic E-state index is -0.505. The van der Waals surface area contributed by atoms with Gasteiger partial charge in [-0.1, -0.05) is 0 Å². The van der Waals surface area contributed by atoms with Crippen molar-refractivity contribution in [3.8, 4) is 0 Å². The molecule has 0 radical (unpaired) electrons. The van der Waals surface area contributed by atoms with Gasteiger partial charge in [0, 0.05) is 35.3 Å². The Kier molecular flexibility index (Phi) is 6.21. The molecule has 144 valence electrons. The molecule has 1 amide bonds. The maximum Gasteiger partial charge on any atom is 0.410 e. The Labute approximate surface area is 163 Å². The van der Waals surface area contributed by atoms with Crippen molar-refractivity contribution in [2.24, 2.45) is 0 Å². The lowest BCUT2D eigenvalue weighted by Gasteiger charge is -2.46. The zero-order chi connectivity index (χ0) is 19.6. The number of nitrogens with zero attached hydrogens (tertiary/aromatic N) is 2. The van der Waals surface area contributed by atoms with E-state index in [1.54, 1.807) is 11.0 Å². The number of ether oxygens (including phenoxy) is 2. The fraction of sp³-hybridized carbons (Fsp3) is 0.579. The second-order valence-electron chi connectivity index (χ2n) is 7.65. The van der Waals surface area contributed by atoms with Crippen LogP contribution in [0.2, 0.25) is 0 Å². The van der Waals surface area contributed by atoms with Gasteiger partial charge in [-0.05, 0) is 68.7 Å². The Morgan fingerprint density at radius 2 is 1.73 bits per heavy atom. The molecule has 1 aromatic rings. The smallest absolute Gasteiger partial charge is 0.410 e. The molecule has 2 atom stereocenters. The molecule has 0 saturated carbocycles. The van der Waals surface area contributed by atoms with Crippen molar-refractivity contribution in [1.82, 2.24) is 4.90 Å². The first-order valence-corrected chi connectivity index (χ1v) is 9.47. The Hall–Kier alpha value is -1.76. The highest BCUT2D eigenvalue weighted by molar-refractivity contribution is 9.10. The molecule has 1 aliphatic heterocycles. The average molecular weight is 427 g/mol. The second-order valence-corrected chi connectivity index (χ2v) is 8.50. The van der Waals surface area contributed by atoms with E-state index in [2.05, 4.69) is 34.7 Å². The molecule has 26 heavy (non-hydrogen) atoms. The molecule has 6 nitrogen and oxygen atoms in total. The number of carbonyl (C=O) groups is 2. The number of hydrogen-bond acceptors (Lipinski definition) is 5. The molecule has 1 fully saturated rings. The van der Waals surface area contributed by atoms with Crippen LogP contribution < -0.4 is 4.90 Å². The van der Waals surface area contributed by atoms with Crippen molar-refractivity contribution in [3.63, 3.8) is 0 Å². The SMILES string of the molecule is COC(=O)c1ccc(N2C(C)CN(C(=O)OC(C)(C)C)C[C@H]2C)cc1Br. The second kappa shape index (κ2) is 7.86. The minimum Gasteiger partial charge on any atom is -0.465 e. The molecule has 0 N–H and O–H groups in total. The van der Waals surface area contributed by atoms with Crippen LogP contribution in [0.4, 0.5) is 10.5 Å². The molecule has 1 saturated heterocycles. The standard InChI is InChI=1S/C19H27BrN2O4/c1-12-10-21(18(24)26-19(3,4)5)11-13(2)22(12)14-7-8-15(16(20)9-14)17(23)25-6/h7-9,12-13H,10-11H2,1-6H3/t12-,13?/m1/s1. The van der Waals surface area contributed by atoms with Gasteiger partial charge in [0.1, 0.15) is 5.60 Å². The quantitative estimate of drug-likeness (QED) is 0.666. The van der Waals surface area contributed by atoms with Gasteiger partial charge in [-0.15, -0.1) is 0 Å². The summed E-state index contributed by atoms with van der Waals surface area (Å²) >= 11 is 3.45. The van der Waals surface area contributed by atoms with Gasteiger partial charge in [0.2, 0.25) is 0 Å². The Morgan fingerprint density at radius 3 is 2.19 bits per heavy atom. The molecule has 1 aliphatic rings. The van der Waals surface area contributed by atoms with Crippen LogP contribution in [-0.2, 0) is 9.47 Å². The first-order chi connectivity index (χ1) is 12.0. The number of halogens is 1. The molecule has 1 unspecified atom stereocenters. The molecule has 2 rings (SSSR count). The lowest BCUT2D eigenvalue weighted by atomic mass is 10.1. The highest BCUT2D eigenvalue weighted by atomic mass is 79.9. The van der Waals surface area contributed by atoms with E-state index in [0.29, 0.717) is 23.1 Å². The van der Waals surface area contributed by atoms with E-state index in [-0.39, 0.29) is 24.1 Å². The van der Waals surface area contributed by atoms with E-state index in [0.717, 1.165) is 5.69 Å². The number of amides is 1. The van der Waals surface area contributed by atoms with Crippen LogP contribution in [0.1, 0.15) is 45.0 Å². The first kappa shape index (κ1) is 20.6. The van der Waals surface area contributed by atoms with E-state index in [4.69, 9.17) is 9.47 Å². The maximum atomic E-state index is 12.4. The van der Waals surface area contributed by atoms with Gasteiger partial charge < -0.3 is 19.3 Å². The van der Waals surface area contributed by atoms with E-state index >= 15 is 0 Å². The van der Waals surface area contributed by atoms with Gasteiger partial charge in [0.05, 0.1) is 12.7 Å². The monoisotopic (exact) mass is 426 g/mol. The van der Waals surface area contributed by atoms with E-state index in [9.17, 15) is 9.59 Å². The maximum absolute atomic E-state index is 12.4. The average Bonchev–Trinajstić information content (AvgIpc) is 2.52. The number of esters is 1. The summed E-state index contributed by atoms with van der Waals surface area (Å²) in [6.45, 7) is 10.9. The summed E-state index contributed by atoms with van der Waals surface area (Å²) in [7, 11) is 1.36. The van der Waals surface area contributed by atoms with Crippen LogP contribution in [0.3, 0.4) is 0 Å². The summed E-state index contributed by atoms with van der Waals surface area (Å²) in [4.78, 5) is 28.2. The molecule has 1 heterocycles. The van der Waals surface area contributed by atoms with Gasteiger partial charge in [-0.3, -0.25) is 0 Å². The van der Waals surface area contributed by atoms with Crippen LogP contribution >= 0.6 is 15.9 Å². The van der Waals surface area contributed by atoms with Crippen LogP contribution in [0.25, 0.3) is 0 Å². The molecule has 0 aromatic heterocycles. The van der Waals surface area contributed by atoms with Crippen molar-refractivity contribution in [1.29, 1.82) is 0 Å². The number of anilines is 1. The van der Waals surface area contributed by atoms with Gasteiger partial charge in [0.25, 0.3) is 0 Å². The van der Waals surface area contributed by atoms with E-state index < -0.39 is 5.60 Å². The molecular weight excluding hydrogens is 400 g/mol. The fourth-order valence-electron chi connectivity index (χ4n) is 3.25. The zero-order valence-corrected chi connectivity index (χ0v) is 17.8. The fourth-order valence-corrected chi connectivity index (χ4v) is 3.78. The van der Waals surface area contributed by atoms with Crippen molar-refractivity contribution < 1.29 is 19.1 Å². The Morgan fingerprint density at radius 1 is 1.15 bits per heavy atom. The van der Waals surface area contributed by atoms with Crippen molar-refractivity contribution in [3.05, 3.63) is 28.2 Å². The van der Waals surface area contributed by atoms with Crippen LogP contribution in [-0.4, -0.2) is 54.8 Å². The van der Waals surface area contributed by atoms with Crippen LogP contribution in [0, 0.1) is 0 Å². The number of rotatable bonds is 2. The largest absolute Gasteiger partial charge is 0.465 e. The minimum absolute atomic E-state index is 0.113. The van der Waals surface area contributed by atoms with Crippen molar-refractivity contribution in [2.75, 3.05) is 25.1 Å².